The van der Waals surface area contributed by atoms with E-state index >= 15 is 4.39 Å². The lowest BCUT2D eigenvalue weighted by Gasteiger charge is -2.51. The number of hydrogen-bond acceptors (Lipinski definition) is 2. The summed E-state index contributed by atoms with van der Waals surface area (Å²) in [6.07, 6.45) is 4.76. The van der Waals surface area contributed by atoms with Gasteiger partial charge in [-0.15, -0.1) is 0 Å². The van der Waals surface area contributed by atoms with Gasteiger partial charge >= 0.3 is 6.03 Å². The third kappa shape index (κ3) is 3.40. The van der Waals surface area contributed by atoms with Gasteiger partial charge in [-0.3, -0.25) is 4.79 Å². The van der Waals surface area contributed by atoms with Crippen molar-refractivity contribution in [3.63, 3.8) is 0 Å². The second kappa shape index (κ2) is 6.71. The van der Waals surface area contributed by atoms with Gasteiger partial charge in [0.05, 0.1) is 0 Å². The van der Waals surface area contributed by atoms with E-state index in [1.54, 1.807) is 6.92 Å². The number of halogens is 1. The lowest BCUT2D eigenvalue weighted by atomic mass is 9.61. The summed E-state index contributed by atoms with van der Waals surface area (Å²) < 4.78 is 15.8. The van der Waals surface area contributed by atoms with Crippen LogP contribution in [0, 0.1) is 0 Å². The van der Waals surface area contributed by atoms with Gasteiger partial charge in [-0.1, -0.05) is 24.3 Å². The highest BCUT2D eigenvalue weighted by atomic mass is 19.1. The minimum Gasteiger partial charge on any atom is -0.343 e. The maximum Gasteiger partial charge on any atom is 0.315 e. The third-order valence-electron chi connectivity index (χ3n) is 7.68. The highest BCUT2D eigenvalue weighted by Gasteiger charge is 2.58. The van der Waals surface area contributed by atoms with E-state index in [1.165, 1.54) is 11.1 Å². The van der Waals surface area contributed by atoms with Crippen LogP contribution in [0.25, 0.3) is 0 Å². The molecule has 2 unspecified atom stereocenters. The van der Waals surface area contributed by atoms with Gasteiger partial charge in [-0.25, -0.2) is 9.18 Å². The molecule has 1 aromatic carbocycles. The second-order valence-electron chi connectivity index (χ2n) is 9.83. The first-order valence-electron chi connectivity index (χ1n) is 11.0. The van der Waals surface area contributed by atoms with E-state index in [2.05, 4.69) is 34.9 Å². The van der Waals surface area contributed by atoms with Crippen molar-refractivity contribution in [2.75, 3.05) is 13.1 Å². The number of urea groups is 1. The van der Waals surface area contributed by atoms with E-state index in [4.69, 9.17) is 0 Å². The number of carbonyl (C=O) groups is 2. The second-order valence-corrected chi connectivity index (χ2v) is 9.83. The molecule has 6 heteroatoms. The molecule has 5 nitrogen and oxygen atoms in total. The molecule has 2 atom stereocenters. The summed E-state index contributed by atoms with van der Waals surface area (Å²) in [4.78, 5) is 26.2. The van der Waals surface area contributed by atoms with Crippen LogP contribution in [0.15, 0.2) is 24.3 Å². The Labute approximate surface area is 171 Å². The Morgan fingerprint density at radius 1 is 1.03 bits per heavy atom. The average Bonchev–Trinajstić information content (AvgIpc) is 2.80. The van der Waals surface area contributed by atoms with Crippen LogP contribution in [0.4, 0.5) is 9.18 Å². The minimum atomic E-state index is -1.19. The summed E-state index contributed by atoms with van der Waals surface area (Å²) >= 11 is 0. The van der Waals surface area contributed by atoms with Crippen molar-refractivity contribution < 1.29 is 14.0 Å². The quantitative estimate of drug-likeness (QED) is 0.798. The Kier molecular flexibility index (Phi) is 4.37. The number of carbonyl (C=O) groups excluding carboxylic acids is 2. The van der Waals surface area contributed by atoms with Gasteiger partial charge in [0.1, 0.15) is 5.67 Å². The standard InChI is InChI=1S/C23H30FN3O2/c1-15(28)27-8-6-18(7-9-27)25-21(29)26-23-12-16-10-22(24,14-23)11-17(13-23)20-5-3-2-4-19(16)20/h2-5,16-18H,6-14H2,1H3,(H2,25,26,29). The fourth-order valence-electron chi connectivity index (χ4n) is 6.67. The Morgan fingerprint density at radius 2 is 1.62 bits per heavy atom. The summed E-state index contributed by atoms with van der Waals surface area (Å²) in [5.41, 5.74) is 0.921. The summed E-state index contributed by atoms with van der Waals surface area (Å²) in [6.45, 7) is 2.94. The molecule has 3 amide bonds. The molecular weight excluding hydrogens is 369 g/mol. The van der Waals surface area contributed by atoms with Crippen LogP contribution >= 0.6 is 0 Å². The van der Waals surface area contributed by atoms with Crippen molar-refractivity contribution in [3.8, 4) is 0 Å². The lowest BCUT2D eigenvalue weighted by Crippen LogP contribution is -2.62. The van der Waals surface area contributed by atoms with Gasteiger partial charge in [0, 0.05) is 38.0 Å². The molecular formula is C23H30FN3O2. The van der Waals surface area contributed by atoms with Crippen molar-refractivity contribution >= 4 is 11.9 Å². The fourth-order valence-corrected chi connectivity index (χ4v) is 6.67. The van der Waals surface area contributed by atoms with Gasteiger partial charge in [0.2, 0.25) is 5.91 Å². The Bertz CT molecular complexity index is 798. The van der Waals surface area contributed by atoms with Crippen molar-refractivity contribution in [2.24, 2.45) is 0 Å². The number of piperidine rings is 1. The molecule has 6 rings (SSSR count). The average molecular weight is 400 g/mol. The number of likely N-dealkylation sites (tertiary alicyclic amines) is 1. The predicted octanol–water partition coefficient (Wildman–Crippen LogP) is 3.60. The Morgan fingerprint density at radius 3 is 2.17 bits per heavy atom. The summed E-state index contributed by atoms with van der Waals surface area (Å²) in [5, 5.41) is 6.33. The molecule has 1 aromatic rings. The van der Waals surface area contributed by atoms with E-state index in [0.29, 0.717) is 32.4 Å². The summed E-state index contributed by atoms with van der Waals surface area (Å²) in [5.74, 6) is 0.443. The lowest BCUT2D eigenvalue weighted by molar-refractivity contribution is -0.129. The van der Waals surface area contributed by atoms with E-state index in [-0.39, 0.29) is 29.8 Å². The van der Waals surface area contributed by atoms with E-state index in [0.717, 1.165) is 25.7 Å². The first kappa shape index (κ1) is 18.9. The third-order valence-corrected chi connectivity index (χ3v) is 7.68. The van der Waals surface area contributed by atoms with E-state index < -0.39 is 11.2 Å². The molecule has 29 heavy (non-hydrogen) atoms. The smallest absolute Gasteiger partial charge is 0.315 e. The molecule has 0 radical (unpaired) electrons. The van der Waals surface area contributed by atoms with Crippen LogP contribution in [-0.2, 0) is 4.79 Å². The van der Waals surface area contributed by atoms with Gasteiger partial charge in [0.15, 0.2) is 0 Å². The van der Waals surface area contributed by atoms with Crippen molar-refractivity contribution in [2.45, 2.75) is 81.0 Å². The monoisotopic (exact) mass is 399 g/mol. The fraction of sp³-hybridized carbons (Fsp3) is 0.652. The molecule has 0 aromatic heterocycles. The van der Waals surface area contributed by atoms with Crippen LogP contribution in [-0.4, -0.2) is 47.2 Å². The van der Waals surface area contributed by atoms with Crippen LogP contribution in [0.3, 0.4) is 0 Å². The van der Waals surface area contributed by atoms with Crippen molar-refractivity contribution in [3.05, 3.63) is 35.4 Å². The Hall–Kier alpha value is -2.11. The summed E-state index contributed by atoms with van der Waals surface area (Å²) in [7, 11) is 0. The first-order chi connectivity index (χ1) is 13.8. The van der Waals surface area contributed by atoms with Gasteiger partial charge < -0.3 is 15.5 Å². The number of alkyl halides is 1. The van der Waals surface area contributed by atoms with E-state index in [9.17, 15) is 9.59 Å². The molecule has 2 N–H and O–H groups in total. The number of rotatable bonds is 2. The van der Waals surface area contributed by atoms with Crippen molar-refractivity contribution in [1.82, 2.24) is 15.5 Å². The molecule has 0 spiro atoms. The van der Waals surface area contributed by atoms with Crippen molar-refractivity contribution in [1.29, 1.82) is 0 Å². The highest BCUT2D eigenvalue weighted by Crippen LogP contribution is 2.60. The van der Waals surface area contributed by atoms with Crippen LogP contribution in [0.2, 0.25) is 0 Å². The first-order valence-corrected chi connectivity index (χ1v) is 11.0. The number of benzene rings is 1. The minimum absolute atomic E-state index is 0.0678. The molecule has 1 saturated heterocycles. The maximum absolute atomic E-state index is 15.8. The maximum atomic E-state index is 15.8. The number of amides is 3. The zero-order valence-corrected chi connectivity index (χ0v) is 17.0. The largest absolute Gasteiger partial charge is 0.343 e. The normalized spacial score (nSPS) is 35.7. The number of hydrogen-bond donors (Lipinski definition) is 2. The molecule has 2 saturated carbocycles. The molecule has 4 bridgehead atoms. The molecule has 1 heterocycles. The molecule has 3 fully saturated rings. The number of nitrogens with one attached hydrogen (secondary N) is 2. The van der Waals surface area contributed by atoms with Gasteiger partial charge in [0.25, 0.3) is 0 Å². The molecule has 4 aliphatic carbocycles. The Balaban J connectivity index is 1.30. The summed E-state index contributed by atoms with van der Waals surface area (Å²) in [6, 6.07) is 8.30. The van der Waals surface area contributed by atoms with Crippen LogP contribution in [0.5, 0.6) is 0 Å². The predicted molar refractivity (Wildman–Crippen MR) is 109 cm³/mol. The number of nitrogens with zero attached hydrogens (tertiary/aromatic N) is 1. The topological polar surface area (TPSA) is 61.4 Å². The molecule has 1 aliphatic heterocycles. The zero-order chi connectivity index (χ0) is 20.2. The SMILES string of the molecule is CC(=O)N1CCC(NC(=O)NC23CC4CC(F)(CC(C2)c2ccccc24)C3)CC1. The van der Waals surface area contributed by atoms with E-state index in [1.807, 2.05) is 4.90 Å². The van der Waals surface area contributed by atoms with Crippen LogP contribution in [0.1, 0.15) is 74.8 Å². The van der Waals surface area contributed by atoms with Gasteiger partial charge in [-0.05, 0) is 61.5 Å². The van der Waals surface area contributed by atoms with Gasteiger partial charge in [-0.2, -0.15) is 0 Å². The van der Waals surface area contributed by atoms with Crippen LogP contribution < -0.4 is 10.6 Å². The molecule has 156 valence electrons. The zero-order valence-electron chi connectivity index (χ0n) is 17.0. The molecule has 5 aliphatic rings. The highest BCUT2D eigenvalue weighted by molar-refractivity contribution is 5.76.